The fourth-order valence-electron chi connectivity index (χ4n) is 1.68. The lowest BCUT2D eigenvalue weighted by molar-refractivity contribution is -0.142. The van der Waals surface area contributed by atoms with Gasteiger partial charge in [0.05, 0.1) is 25.3 Å². The molecule has 0 aromatic heterocycles. The molecule has 23 heavy (non-hydrogen) atoms. The van der Waals surface area contributed by atoms with Crippen LogP contribution in [0.5, 0.6) is 5.75 Å². The van der Waals surface area contributed by atoms with E-state index in [1.165, 1.54) is 0 Å². The first-order valence-electron chi connectivity index (χ1n) is 7.10. The van der Waals surface area contributed by atoms with Crippen molar-refractivity contribution in [2.75, 3.05) is 32.9 Å². The molecule has 0 heterocycles. The maximum absolute atomic E-state index is 12.0. The van der Waals surface area contributed by atoms with E-state index in [1.54, 1.807) is 24.3 Å². The lowest BCUT2D eigenvalue weighted by Gasteiger charge is -2.10. The summed E-state index contributed by atoms with van der Waals surface area (Å²) in [5, 5.41) is 13.4. The number of carbonyl (C=O) groups is 3. The molecule has 0 atom stereocenters. The number of carbonyl (C=O) groups excluding carboxylic acids is 2. The molecule has 0 bridgehead atoms. The lowest BCUT2D eigenvalue weighted by atomic mass is 10.2. The van der Waals surface area contributed by atoms with Crippen molar-refractivity contribution in [2.45, 2.75) is 6.92 Å². The maximum Gasteiger partial charge on any atom is 0.329 e. The highest BCUT2D eigenvalue weighted by Crippen LogP contribution is 2.17. The maximum atomic E-state index is 12.0. The highest BCUT2D eigenvalue weighted by atomic mass is 16.5. The smallest absolute Gasteiger partial charge is 0.329 e. The van der Waals surface area contributed by atoms with Gasteiger partial charge in [-0.1, -0.05) is 12.1 Å². The Bertz CT molecular complexity index is 547. The van der Waals surface area contributed by atoms with Crippen molar-refractivity contribution in [2.24, 2.45) is 0 Å². The van der Waals surface area contributed by atoms with Crippen LogP contribution in [0.25, 0.3) is 0 Å². The van der Waals surface area contributed by atoms with Gasteiger partial charge in [-0.25, -0.2) is 4.79 Å². The highest BCUT2D eigenvalue weighted by molar-refractivity contribution is 5.98. The van der Waals surface area contributed by atoms with E-state index in [4.69, 9.17) is 14.6 Å². The number of benzene rings is 1. The topological polar surface area (TPSA) is 114 Å². The second kappa shape index (κ2) is 10.2. The first kappa shape index (κ1) is 18.4. The molecule has 0 spiro atoms. The number of para-hydroxylation sites is 1. The van der Waals surface area contributed by atoms with E-state index in [0.29, 0.717) is 17.9 Å². The van der Waals surface area contributed by atoms with Gasteiger partial charge in [-0.3, -0.25) is 9.59 Å². The van der Waals surface area contributed by atoms with Crippen LogP contribution in [0.2, 0.25) is 0 Å². The molecule has 8 nitrogen and oxygen atoms in total. The number of carboxylic acid groups (broad SMARTS) is 1. The Kier molecular flexibility index (Phi) is 8.16. The summed E-state index contributed by atoms with van der Waals surface area (Å²) in [7, 11) is 0. The Hall–Kier alpha value is -2.61. The minimum atomic E-state index is -1.07. The Balaban J connectivity index is 2.33. The molecular formula is C15H20N2O6. The van der Waals surface area contributed by atoms with Crippen LogP contribution in [-0.2, 0) is 14.3 Å². The lowest BCUT2D eigenvalue weighted by Crippen LogP contribution is -2.38. The number of rotatable bonds is 10. The Morgan fingerprint density at radius 3 is 2.61 bits per heavy atom. The molecule has 1 aromatic carbocycles. The van der Waals surface area contributed by atoms with E-state index < -0.39 is 24.4 Å². The Morgan fingerprint density at radius 1 is 1.17 bits per heavy atom. The predicted molar refractivity (Wildman–Crippen MR) is 81.4 cm³/mol. The van der Waals surface area contributed by atoms with Crippen molar-refractivity contribution in [1.82, 2.24) is 10.6 Å². The number of carboxylic acids is 1. The summed E-state index contributed by atoms with van der Waals surface area (Å²) in [6.07, 6.45) is 0. The number of nitrogens with one attached hydrogen (secondary N) is 2. The van der Waals surface area contributed by atoms with Gasteiger partial charge in [0.2, 0.25) is 5.91 Å². The molecular weight excluding hydrogens is 304 g/mol. The van der Waals surface area contributed by atoms with Gasteiger partial charge in [-0.15, -0.1) is 0 Å². The molecule has 126 valence electrons. The fourth-order valence-corrected chi connectivity index (χ4v) is 1.68. The van der Waals surface area contributed by atoms with E-state index >= 15 is 0 Å². The van der Waals surface area contributed by atoms with Crippen molar-refractivity contribution in [3.8, 4) is 5.75 Å². The molecule has 0 radical (unpaired) electrons. The van der Waals surface area contributed by atoms with Gasteiger partial charge in [0.15, 0.2) is 0 Å². The Labute approximate surface area is 133 Å². The van der Waals surface area contributed by atoms with Crippen LogP contribution in [0.1, 0.15) is 17.3 Å². The third kappa shape index (κ3) is 7.28. The average molecular weight is 324 g/mol. The van der Waals surface area contributed by atoms with Crippen LogP contribution in [0.15, 0.2) is 24.3 Å². The summed E-state index contributed by atoms with van der Waals surface area (Å²) in [6.45, 7) is 1.88. The van der Waals surface area contributed by atoms with Crippen molar-refractivity contribution < 1.29 is 29.0 Å². The number of ether oxygens (including phenoxy) is 2. The number of hydrogen-bond acceptors (Lipinski definition) is 5. The van der Waals surface area contributed by atoms with E-state index in [9.17, 15) is 14.4 Å². The molecule has 0 fully saturated rings. The quantitative estimate of drug-likeness (QED) is 0.523. The first-order chi connectivity index (χ1) is 11.0. The molecule has 0 aliphatic heterocycles. The zero-order chi connectivity index (χ0) is 17.1. The fraction of sp³-hybridized carbons (Fsp3) is 0.400. The van der Waals surface area contributed by atoms with Gasteiger partial charge < -0.3 is 25.2 Å². The van der Waals surface area contributed by atoms with Crippen LogP contribution < -0.4 is 15.4 Å². The van der Waals surface area contributed by atoms with Gasteiger partial charge in [0, 0.05) is 6.54 Å². The molecule has 0 aliphatic rings. The highest BCUT2D eigenvalue weighted by Gasteiger charge is 2.12. The third-order valence-electron chi connectivity index (χ3n) is 2.64. The van der Waals surface area contributed by atoms with Gasteiger partial charge in [-0.05, 0) is 19.1 Å². The number of amides is 2. The molecule has 8 heteroatoms. The standard InChI is InChI=1S/C15H20N2O6/c1-2-23-12-6-4-3-5-11(12)15(21)17-9-13(18)16-7-8-22-10-14(19)20/h3-6H,2,7-10H2,1H3,(H,16,18)(H,17,21)(H,19,20). The van der Waals surface area contributed by atoms with Crippen LogP contribution in [0.4, 0.5) is 0 Å². The largest absolute Gasteiger partial charge is 0.493 e. The molecule has 1 rings (SSSR count). The Morgan fingerprint density at radius 2 is 1.91 bits per heavy atom. The van der Waals surface area contributed by atoms with Crippen molar-refractivity contribution >= 4 is 17.8 Å². The van der Waals surface area contributed by atoms with Crippen molar-refractivity contribution in [3.63, 3.8) is 0 Å². The third-order valence-corrected chi connectivity index (χ3v) is 2.64. The molecule has 0 saturated carbocycles. The number of hydrogen-bond donors (Lipinski definition) is 3. The summed E-state index contributed by atoms with van der Waals surface area (Å²) in [5.74, 6) is -1.43. The zero-order valence-corrected chi connectivity index (χ0v) is 12.8. The van der Waals surface area contributed by atoms with E-state index in [1.807, 2.05) is 6.92 Å². The van der Waals surface area contributed by atoms with Crippen LogP contribution in [-0.4, -0.2) is 55.8 Å². The summed E-state index contributed by atoms with van der Waals surface area (Å²) < 4.78 is 10.1. The summed E-state index contributed by atoms with van der Waals surface area (Å²) in [6, 6.07) is 6.75. The molecule has 3 N–H and O–H groups in total. The van der Waals surface area contributed by atoms with Crippen LogP contribution in [0.3, 0.4) is 0 Å². The van der Waals surface area contributed by atoms with E-state index in [0.717, 1.165) is 0 Å². The summed E-state index contributed by atoms with van der Waals surface area (Å²) in [4.78, 5) is 33.8. The molecule has 0 aliphatic carbocycles. The van der Waals surface area contributed by atoms with E-state index in [2.05, 4.69) is 10.6 Å². The minimum Gasteiger partial charge on any atom is -0.493 e. The van der Waals surface area contributed by atoms with Gasteiger partial charge in [0.1, 0.15) is 12.4 Å². The molecule has 0 saturated heterocycles. The van der Waals surface area contributed by atoms with Crippen molar-refractivity contribution in [1.29, 1.82) is 0 Å². The minimum absolute atomic E-state index is 0.0825. The second-order valence-corrected chi connectivity index (χ2v) is 4.41. The SMILES string of the molecule is CCOc1ccccc1C(=O)NCC(=O)NCCOCC(=O)O. The molecule has 0 unspecified atom stereocenters. The first-order valence-corrected chi connectivity index (χ1v) is 7.10. The summed E-state index contributed by atoms with van der Waals surface area (Å²) >= 11 is 0. The van der Waals surface area contributed by atoms with Crippen LogP contribution >= 0.6 is 0 Å². The van der Waals surface area contributed by atoms with Crippen LogP contribution in [0, 0.1) is 0 Å². The zero-order valence-electron chi connectivity index (χ0n) is 12.8. The van der Waals surface area contributed by atoms with Gasteiger partial charge >= 0.3 is 5.97 Å². The average Bonchev–Trinajstić information content (AvgIpc) is 2.53. The van der Waals surface area contributed by atoms with Crippen molar-refractivity contribution in [3.05, 3.63) is 29.8 Å². The second-order valence-electron chi connectivity index (χ2n) is 4.41. The summed E-state index contributed by atoms with van der Waals surface area (Å²) in [5.41, 5.74) is 0.354. The molecule has 2 amide bonds. The van der Waals surface area contributed by atoms with E-state index in [-0.39, 0.29) is 19.7 Å². The normalized spacial score (nSPS) is 9.96. The molecule has 1 aromatic rings. The van der Waals surface area contributed by atoms with Gasteiger partial charge in [-0.2, -0.15) is 0 Å². The van der Waals surface area contributed by atoms with Gasteiger partial charge in [0.25, 0.3) is 5.91 Å². The monoisotopic (exact) mass is 324 g/mol. The predicted octanol–water partition coefficient (Wildman–Crippen LogP) is 0.0325. The number of aliphatic carboxylic acids is 1.